The van der Waals surface area contributed by atoms with Crippen LogP contribution in [0.25, 0.3) is 32.7 Å². The van der Waals surface area contributed by atoms with Gasteiger partial charge in [-0.05, 0) is 46.2 Å². The molecule has 0 atom stereocenters. The number of nitrogens with one attached hydrogen (secondary N) is 1. The number of hydrogen-bond acceptors (Lipinski definition) is 2. The van der Waals surface area contributed by atoms with E-state index in [0.717, 1.165) is 17.1 Å². The van der Waals surface area contributed by atoms with Gasteiger partial charge in [-0.25, -0.2) is 0 Å². The lowest BCUT2D eigenvalue weighted by Crippen LogP contribution is -1.96. The first-order valence-corrected chi connectivity index (χ1v) is 9.75. The molecule has 0 unspecified atom stereocenters. The van der Waals surface area contributed by atoms with Gasteiger partial charge >= 0.3 is 0 Å². The minimum atomic E-state index is 0.852. The molecule has 0 spiro atoms. The fourth-order valence-corrected chi connectivity index (χ4v) is 4.00. The van der Waals surface area contributed by atoms with Crippen LogP contribution < -0.4 is 10.1 Å². The molecule has 0 fully saturated rings. The van der Waals surface area contributed by atoms with Crippen molar-refractivity contribution >= 4 is 32.9 Å². The van der Waals surface area contributed by atoms with E-state index in [0.29, 0.717) is 0 Å². The van der Waals surface area contributed by atoms with Crippen LogP contribution in [0.15, 0.2) is 103 Å². The highest BCUT2D eigenvalue weighted by Gasteiger charge is 2.15. The standard InChI is InChI=1S/C27H21NO/c1-29-21-17-15-20(16-18-21)28-27-24-13-7-5-11-22(24)26(19-9-3-2-4-10-19)23-12-6-8-14-25(23)27/h2-18,28H,1H3. The molecular weight excluding hydrogens is 354 g/mol. The van der Waals surface area contributed by atoms with E-state index in [4.69, 9.17) is 4.74 Å². The second kappa shape index (κ2) is 7.33. The first-order chi connectivity index (χ1) is 14.3. The fraction of sp³-hybridized carbons (Fsp3) is 0.0370. The zero-order valence-electron chi connectivity index (χ0n) is 16.2. The molecule has 2 heteroatoms. The lowest BCUT2D eigenvalue weighted by molar-refractivity contribution is 0.415. The number of ether oxygens (including phenoxy) is 1. The van der Waals surface area contributed by atoms with Gasteiger partial charge in [0.2, 0.25) is 0 Å². The summed E-state index contributed by atoms with van der Waals surface area (Å²) in [6.45, 7) is 0. The van der Waals surface area contributed by atoms with E-state index in [9.17, 15) is 0 Å². The maximum absolute atomic E-state index is 5.30. The molecule has 5 aromatic carbocycles. The van der Waals surface area contributed by atoms with Gasteiger partial charge in [0.25, 0.3) is 0 Å². The summed E-state index contributed by atoms with van der Waals surface area (Å²) in [4.78, 5) is 0. The lowest BCUT2D eigenvalue weighted by Gasteiger charge is -2.18. The van der Waals surface area contributed by atoms with Crippen LogP contribution in [0.3, 0.4) is 0 Å². The predicted octanol–water partition coefficient (Wildman–Crippen LogP) is 7.41. The molecule has 2 nitrogen and oxygen atoms in total. The Morgan fingerprint density at radius 2 is 1.07 bits per heavy atom. The predicted molar refractivity (Wildman–Crippen MR) is 123 cm³/mol. The van der Waals surface area contributed by atoms with Crippen molar-refractivity contribution in [1.29, 1.82) is 0 Å². The van der Waals surface area contributed by atoms with Gasteiger partial charge in [0.15, 0.2) is 0 Å². The second-order valence-corrected chi connectivity index (χ2v) is 7.06. The van der Waals surface area contributed by atoms with Crippen molar-refractivity contribution < 1.29 is 4.74 Å². The summed E-state index contributed by atoms with van der Waals surface area (Å²) < 4.78 is 5.30. The summed E-state index contributed by atoms with van der Waals surface area (Å²) in [6.07, 6.45) is 0. The molecule has 29 heavy (non-hydrogen) atoms. The molecule has 5 aromatic rings. The van der Waals surface area contributed by atoms with Gasteiger partial charge in [0.05, 0.1) is 12.8 Å². The van der Waals surface area contributed by atoms with Crippen LogP contribution in [-0.2, 0) is 0 Å². The molecular formula is C27H21NO. The van der Waals surface area contributed by atoms with Crippen LogP contribution in [0, 0.1) is 0 Å². The average Bonchev–Trinajstić information content (AvgIpc) is 2.80. The number of methoxy groups -OCH3 is 1. The van der Waals surface area contributed by atoms with Crippen molar-refractivity contribution in [1.82, 2.24) is 0 Å². The quantitative estimate of drug-likeness (QED) is 0.330. The molecule has 0 saturated carbocycles. The van der Waals surface area contributed by atoms with Gasteiger partial charge < -0.3 is 10.1 Å². The van der Waals surface area contributed by atoms with Gasteiger partial charge in [0.1, 0.15) is 5.75 Å². The minimum Gasteiger partial charge on any atom is -0.497 e. The summed E-state index contributed by atoms with van der Waals surface area (Å²) >= 11 is 0. The number of fused-ring (bicyclic) bond motifs is 2. The third-order valence-electron chi connectivity index (χ3n) is 5.35. The Morgan fingerprint density at radius 1 is 0.552 bits per heavy atom. The molecule has 0 aromatic heterocycles. The summed E-state index contributed by atoms with van der Waals surface area (Å²) in [6, 6.07) is 35.9. The van der Waals surface area contributed by atoms with E-state index >= 15 is 0 Å². The monoisotopic (exact) mass is 375 g/mol. The number of benzene rings is 5. The third-order valence-corrected chi connectivity index (χ3v) is 5.35. The van der Waals surface area contributed by atoms with Crippen molar-refractivity contribution in [3.63, 3.8) is 0 Å². The molecule has 5 rings (SSSR count). The van der Waals surface area contributed by atoms with Crippen molar-refractivity contribution in [2.75, 3.05) is 12.4 Å². The summed E-state index contributed by atoms with van der Waals surface area (Å²) in [7, 11) is 1.69. The van der Waals surface area contributed by atoms with Crippen LogP contribution in [-0.4, -0.2) is 7.11 Å². The van der Waals surface area contributed by atoms with E-state index in [1.807, 2.05) is 24.3 Å². The molecule has 0 saturated heterocycles. The van der Waals surface area contributed by atoms with Crippen LogP contribution in [0.5, 0.6) is 5.75 Å². The Bertz CT molecular complexity index is 1230. The van der Waals surface area contributed by atoms with Gasteiger partial charge in [0, 0.05) is 16.5 Å². The SMILES string of the molecule is COc1ccc(Nc2c3ccccc3c(-c3ccccc3)c3ccccc23)cc1. The first-order valence-electron chi connectivity index (χ1n) is 9.75. The molecule has 0 aliphatic carbocycles. The summed E-state index contributed by atoms with van der Waals surface area (Å²) in [5.74, 6) is 0.852. The van der Waals surface area contributed by atoms with Crippen LogP contribution in [0.4, 0.5) is 11.4 Å². The second-order valence-electron chi connectivity index (χ2n) is 7.06. The third kappa shape index (κ3) is 3.09. The Balaban J connectivity index is 1.80. The molecule has 0 heterocycles. The largest absolute Gasteiger partial charge is 0.497 e. The molecule has 0 radical (unpaired) electrons. The van der Waals surface area contributed by atoms with E-state index in [1.54, 1.807) is 7.11 Å². The molecule has 140 valence electrons. The lowest BCUT2D eigenvalue weighted by atomic mass is 9.90. The number of rotatable bonds is 4. The Hall–Kier alpha value is -3.78. The van der Waals surface area contributed by atoms with E-state index in [2.05, 4.69) is 84.2 Å². The Labute approximate surface area is 170 Å². The first kappa shape index (κ1) is 17.3. The maximum Gasteiger partial charge on any atom is 0.119 e. The molecule has 1 N–H and O–H groups in total. The van der Waals surface area contributed by atoms with Gasteiger partial charge in [-0.1, -0.05) is 78.9 Å². The van der Waals surface area contributed by atoms with E-state index < -0.39 is 0 Å². The summed E-state index contributed by atoms with van der Waals surface area (Å²) in [5, 5.41) is 8.57. The molecule has 0 amide bonds. The average molecular weight is 375 g/mol. The van der Waals surface area contributed by atoms with Crippen molar-refractivity contribution in [2.45, 2.75) is 0 Å². The van der Waals surface area contributed by atoms with E-state index in [-0.39, 0.29) is 0 Å². The van der Waals surface area contributed by atoms with Crippen LogP contribution in [0.1, 0.15) is 0 Å². The van der Waals surface area contributed by atoms with Gasteiger partial charge in [-0.3, -0.25) is 0 Å². The zero-order chi connectivity index (χ0) is 19.6. The molecule has 0 aliphatic rings. The highest BCUT2D eigenvalue weighted by Crippen LogP contribution is 2.42. The van der Waals surface area contributed by atoms with Crippen LogP contribution in [0.2, 0.25) is 0 Å². The number of hydrogen-bond donors (Lipinski definition) is 1. The van der Waals surface area contributed by atoms with Gasteiger partial charge in [-0.2, -0.15) is 0 Å². The zero-order valence-corrected chi connectivity index (χ0v) is 16.2. The fourth-order valence-electron chi connectivity index (χ4n) is 4.00. The minimum absolute atomic E-state index is 0.852. The topological polar surface area (TPSA) is 21.3 Å². The normalized spacial score (nSPS) is 10.9. The highest BCUT2D eigenvalue weighted by molar-refractivity contribution is 6.21. The van der Waals surface area contributed by atoms with E-state index in [1.165, 1.54) is 32.7 Å². The van der Waals surface area contributed by atoms with Crippen LogP contribution >= 0.6 is 0 Å². The maximum atomic E-state index is 5.30. The van der Waals surface area contributed by atoms with Crippen molar-refractivity contribution in [2.24, 2.45) is 0 Å². The van der Waals surface area contributed by atoms with Gasteiger partial charge in [-0.15, -0.1) is 0 Å². The number of anilines is 2. The van der Waals surface area contributed by atoms with Crippen molar-refractivity contribution in [3.8, 4) is 16.9 Å². The molecule has 0 bridgehead atoms. The Morgan fingerprint density at radius 3 is 1.62 bits per heavy atom. The highest BCUT2D eigenvalue weighted by atomic mass is 16.5. The van der Waals surface area contributed by atoms with Crippen molar-refractivity contribution in [3.05, 3.63) is 103 Å². The molecule has 0 aliphatic heterocycles. The Kier molecular flexibility index (Phi) is 4.38. The summed E-state index contributed by atoms with van der Waals surface area (Å²) in [5.41, 5.74) is 4.67. The smallest absolute Gasteiger partial charge is 0.119 e.